The first-order valence-electron chi connectivity index (χ1n) is 9.64. The van der Waals surface area contributed by atoms with Crippen LogP contribution in [0.5, 0.6) is 0 Å². The van der Waals surface area contributed by atoms with E-state index >= 15 is 0 Å². The lowest BCUT2D eigenvalue weighted by atomic mass is 10.0. The number of carbonyl (C=O) groups excluding carboxylic acids is 1. The van der Waals surface area contributed by atoms with E-state index in [1.54, 1.807) is 0 Å². The smallest absolute Gasteiger partial charge is 0.222 e. The normalized spacial score (nSPS) is 27.7. The number of likely N-dealkylation sites (tertiary alicyclic amines) is 1. The van der Waals surface area contributed by atoms with E-state index in [1.165, 1.54) is 18.5 Å². The van der Waals surface area contributed by atoms with Crippen LogP contribution in [0.15, 0.2) is 30.3 Å². The topological polar surface area (TPSA) is 47.0 Å². The first kappa shape index (κ1) is 16.9. The molecular formula is C20H29N3O2. The molecule has 0 spiro atoms. The Balaban J connectivity index is 1.26. The van der Waals surface area contributed by atoms with Crippen LogP contribution in [0, 0.1) is 5.92 Å². The minimum Gasteiger partial charge on any atom is -0.387 e. The average molecular weight is 343 g/mol. The molecule has 1 N–H and O–H groups in total. The van der Waals surface area contributed by atoms with Crippen molar-refractivity contribution in [2.45, 2.75) is 31.3 Å². The van der Waals surface area contributed by atoms with Crippen molar-refractivity contribution in [2.24, 2.45) is 5.92 Å². The minimum atomic E-state index is -0.728. The molecule has 3 aliphatic rings. The summed E-state index contributed by atoms with van der Waals surface area (Å²) >= 11 is 0. The third-order valence-electron chi connectivity index (χ3n) is 5.86. The second-order valence-electron chi connectivity index (χ2n) is 8.04. The van der Waals surface area contributed by atoms with Gasteiger partial charge in [-0.05, 0) is 37.3 Å². The number of piperazine rings is 1. The van der Waals surface area contributed by atoms with Gasteiger partial charge < -0.3 is 14.9 Å². The molecule has 0 unspecified atom stereocenters. The quantitative estimate of drug-likeness (QED) is 0.882. The van der Waals surface area contributed by atoms with Gasteiger partial charge in [-0.3, -0.25) is 9.69 Å². The van der Waals surface area contributed by atoms with E-state index in [-0.39, 0.29) is 5.91 Å². The zero-order chi connectivity index (χ0) is 17.3. The molecule has 3 fully saturated rings. The highest BCUT2D eigenvalue weighted by Gasteiger charge is 2.40. The van der Waals surface area contributed by atoms with E-state index in [1.807, 2.05) is 11.0 Å². The molecule has 2 saturated heterocycles. The number of nitrogens with zero attached hydrogens (tertiary/aromatic N) is 3. The zero-order valence-electron chi connectivity index (χ0n) is 14.9. The molecule has 1 atom stereocenters. The molecule has 5 nitrogen and oxygen atoms in total. The zero-order valence-corrected chi connectivity index (χ0v) is 14.9. The predicted octanol–water partition coefficient (Wildman–Crippen LogP) is 1.57. The van der Waals surface area contributed by atoms with Crippen molar-refractivity contribution < 1.29 is 9.90 Å². The van der Waals surface area contributed by atoms with E-state index in [2.05, 4.69) is 34.1 Å². The number of benzene rings is 1. The lowest BCUT2D eigenvalue weighted by molar-refractivity contribution is -0.131. The van der Waals surface area contributed by atoms with Crippen LogP contribution in [0.1, 0.15) is 25.7 Å². The molecular weight excluding hydrogens is 314 g/mol. The van der Waals surface area contributed by atoms with Gasteiger partial charge in [-0.1, -0.05) is 18.2 Å². The number of amides is 1. The van der Waals surface area contributed by atoms with Gasteiger partial charge >= 0.3 is 0 Å². The fourth-order valence-electron chi connectivity index (χ4n) is 4.12. The van der Waals surface area contributed by atoms with Crippen molar-refractivity contribution >= 4 is 11.6 Å². The lowest BCUT2D eigenvalue weighted by Gasteiger charge is -2.39. The van der Waals surface area contributed by atoms with E-state index in [4.69, 9.17) is 0 Å². The number of carbonyl (C=O) groups is 1. The van der Waals surface area contributed by atoms with Gasteiger partial charge in [-0.15, -0.1) is 0 Å². The third-order valence-corrected chi connectivity index (χ3v) is 5.86. The number of aliphatic hydroxyl groups is 1. The van der Waals surface area contributed by atoms with Crippen LogP contribution in [0.3, 0.4) is 0 Å². The molecule has 1 saturated carbocycles. The standard InChI is InChI=1S/C20H29N3O2/c24-19(14-17-6-7-17)23-9-8-20(25,16-23)15-21-10-12-22(13-11-21)18-4-2-1-3-5-18/h1-5,17,25H,6-16H2/t20-/m0/s1. The molecule has 2 heterocycles. The molecule has 2 aliphatic heterocycles. The Kier molecular flexibility index (Phi) is 4.69. The molecule has 1 aromatic carbocycles. The van der Waals surface area contributed by atoms with Gasteiger partial charge in [0.05, 0.1) is 12.1 Å². The van der Waals surface area contributed by atoms with E-state index in [9.17, 15) is 9.90 Å². The monoisotopic (exact) mass is 343 g/mol. The first-order valence-corrected chi connectivity index (χ1v) is 9.64. The van der Waals surface area contributed by atoms with Crippen LogP contribution in [-0.2, 0) is 4.79 Å². The average Bonchev–Trinajstić information content (AvgIpc) is 3.36. The Labute approximate surface area is 150 Å². The predicted molar refractivity (Wildman–Crippen MR) is 98.6 cm³/mol. The number of hydrogen-bond acceptors (Lipinski definition) is 4. The molecule has 5 heteroatoms. The van der Waals surface area contributed by atoms with Gasteiger partial charge in [0.15, 0.2) is 0 Å². The fraction of sp³-hybridized carbons (Fsp3) is 0.650. The molecule has 1 amide bonds. The Bertz CT molecular complexity index is 596. The molecule has 1 aromatic rings. The van der Waals surface area contributed by atoms with Crippen LogP contribution in [0.4, 0.5) is 5.69 Å². The van der Waals surface area contributed by atoms with Crippen molar-refractivity contribution in [2.75, 3.05) is 50.7 Å². The van der Waals surface area contributed by atoms with Crippen molar-refractivity contribution in [1.82, 2.24) is 9.80 Å². The van der Waals surface area contributed by atoms with Gasteiger partial charge in [-0.2, -0.15) is 0 Å². The van der Waals surface area contributed by atoms with Crippen molar-refractivity contribution in [3.8, 4) is 0 Å². The van der Waals surface area contributed by atoms with E-state index in [0.717, 1.165) is 26.2 Å². The second kappa shape index (κ2) is 6.96. The summed E-state index contributed by atoms with van der Waals surface area (Å²) in [5.41, 5.74) is 0.548. The SMILES string of the molecule is O=C(CC1CC1)N1CC[C@](O)(CN2CCN(c3ccccc3)CC2)C1. The highest BCUT2D eigenvalue weighted by atomic mass is 16.3. The second-order valence-corrected chi connectivity index (χ2v) is 8.04. The summed E-state index contributed by atoms with van der Waals surface area (Å²) in [5, 5.41) is 10.9. The van der Waals surface area contributed by atoms with Crippen LogP contribution >= 0.6 is 0 Å². The van der Waals surface area contributed by atoms with Crippen molar-refractivity contribution in [3.05, 3.63) is 30.3 Å². The van der Waals surface area contributed by atoms with Crippen LogP contribution in [0.25, 0.3) is 0 Å². The summed E-state index contributed by atoms with van der Waals surface area (Å²) in [4.78, 5) is 18.9. The number of β-amino-alcohol motifs (C(OH)–C–C–N with tert-alkyl or cyclic N) is 1. The summed E-state index contributed by atoms with van der Waals surface area (Å²) < 4.78 is 0. The third kappa shape index (κ3) is 4.15. The Morgan fingerprint density at radius 3 is 2.48 bits per heavy atom. The van der Waals surface area contributed by atoms with Gasteiger partial charge in [-0.25, -0.2) is 0 Å². The van der Waals surface area contributed by atoms with E-state index in [0.29, 0.717) is 38.4 Å². The maximum absolute atomic E-state index is 12.3. The molecule has 136 valence electrons. The number of rotatable bonds is 5. The van der Waals surface area contributed by atoms with Crippen LogP contribution in [-0.4, -0.2) is 72.2 Å². The van der Waals surface area contributed by atoms with Crippen LogP contribution < -0.4 is 4.90 Å². The summed E-state index contributed by atoms with van der Waals surface area (Å²) in [7, 11) is 0. The minimum absolute atomic E-state index is 0.243. The summed E-state index contributed by atoms with van der Waals surface area (Å²) in [6.45, 7) is 5.82. The molecule has 4 rings (SSSR count). The highest BCUT2D eigenvalue weighted by Crippen LogP contribution is 2.34. The number of para-hydroxylation sites is 1. The van der Waals surface area contributed by atoms with Gasteiger partial charge in [0, 0.05) is 51.4 Å². The summed E-state index contributed by atoms with van der Waals surface area (Å²) in [6, 6.07) is 10.5. The molecule has 25 heavy (non-hydrogen) atoms. The van der Waals surface area contributed by atoms with Crippen LogP contribution in [0.2, 0.25) is 0 Å². The molecule has 0 bridgehead atoms. The number of hydrogen-bond donors (Lipinski definition) is 1. The van der Waals surface area contributed by atoms with Crippen molar-refractivity contribution in [1.29, 1.82) is 0 Å². The summed E-state index contributed by atoms with van der Waals surface area (Å²) in [6.07, 6.45) is 3.80. The molecule has 0 radical (unpaired) electrons. The Hall–Kier alpha value is -1.59. The van der Waals surface area contributed by atoms with Gasteiger partial charge in [0.1, 0.15) is 0 Å². The molecule has 1 aliphatic carbocycles. The molecule has 0 aromatic heterocycles. The Morgan fingerprint density at radius 1 is 1.08 bits per heavy atom. The van der Waals surface area contributed by atoms with E-state index < -0.39 is 5.60 Å². The maximum Gasteiger partial charge on any atom is 0.222 e. The Morgan fingerprint density at radius 2 is 1.80 bits per heavy atom. The van der Waals surface area contributed by atoms with Gasteiger partial charge in [0.2, 0.25) is 5.91 Å². The lowest BCUT2D eigenvalue weighted by Crippen LogP contribution is -2.53. The highest BCUT2D eigenvalue weighted by molar-refractivity contribution is 5.77. The van der Waals surface area contributed by atoms with Crippen molar-refractivity contribution in [3.63, 3.8) is 0 Å². The largest absolute Gasteiger partial charge is 0.387 e. The number of anilines is 1. The maximum atomic E-state index is 12.3. The summed E-state index contributed by atoms with van der Waals surface area (Å²) in [5.74, 6) is 0.861. The van der Waals surface area contributed by atoms with Gasteiger partial charge in [0.25, 0.3) is 0 Å². The first-order chi connectivity index (χ1) is 12.1. The fourth-order valence-corrected chi connectivity index (χ4v) is 4.12.